The van der Waals surface area contributed by atoms with Gasteiger partial charge in [0.05, 0.1) is 17.2 Å². The highest BCUT2D eigenvalue weighted by molar-refractivity contribution is 6.33. The Bertz CT molecular complexity index is 634. The molecule has 2 aromatic rings. The van der Waals surface area contributed by atoms with Crippen molar-refractivity contribution < 1.29 is 14.6 Å². The van der Waals surface area contributed by atoms with E-state index in [9.17, 15) is 4.79 Å². The third kappa shape index (κ3) is 3.36. The lowest BCUT2D eigenvalue weighted by Crippen LogP contribution is -2.02. The molecule has 2 N–H and O–H groups in total. The van der Waals surface area contributed by atoms with Gasteiger partial charge < -0.3 is 15.2 Å². The normalized spacial score (nSPS) is 10.1. The first kappa shape index (κ1) is 14.1. The summed E-state index contributed by atoms with van der Waals surface area (Å²) in [6.07, 6.45) is 1.56. The highest BCUT2D eigenvalue weighted by atomic mass is 35.5. The zero-order valence-electron chi connectivity index (χ0n) is 10.6. The molecule has 0 fully saturated rings. The van der Waals surface area contributed by atoms with Crippen molar-refractivity contribution in [1.29, 1.82) is 0 Å². The maximum absolute atomic E-state index is 10.9. The summed E-state index contributed by atoms with van der Waals surface area (Å²) in [5.41, 5.74) is 0.634. The van der Waals surface area contributed by atoms with Gasteiger partial charge in [-0.2, -0.15) is 4.98 Å². The average molecular weight is 294 g/mol. The first-order chi connectivity index (χ1) is 9.60. The van der Waals surface area contributed by atoms with Crippen molar-refractivity contribution in [3.8, 4) is 5.88 Å². The minimum atomic E-state index is -1.07. The molecule has 0 saturated carbocycles. The van der Waals surface area contributed by atoms with Crippen LogP contribution in [0.15, 0.2) is 30.5 Å². The number of carboxylic acids is 1. The Morgan fingerprint density at radius 1 is 1.45 bits per heavy atom. The van der Waals surface area contributed by atoms with Gasteiger partial charge in [0.15, 0.2) is 0 Å². The van der Waals surface area contributed by atoms with Crippen molar-refractivity contribution in [2.75, 3.05) is 11.9 Å². The maximum atomic E-state index is 10.9. The molecule has 1 aromatic heterocycles. The second kappa shape index (κ2) is 6.21. The van der Waals surface area contributed by atoms with Crippen LogP contribution in [-0.4, -0.2) is 27.7 Å². The van der Waals surface area contributed by atoms with Gasteiger partial charge in [0, 0.05) is 18.0 Å². The highest BCUT2D eigenvalue weighted by Crippen LogP contribution is 2.23. The molecule has 6 nitrogen and oxygen atoms in total. The molecule has 0 saturated heterocycles. The van der Waals surface area contributed by atoms with Crippen molar-refractivity contribution >= 4 is 29.2 Å². The Hall–Kier alpha value is -2.34. The largest absolute Gasteiger partial charge is 0.478 e. The lowest BCUT2D eigenvalue weighted by molar-refractivity contribution is 0.0697. The minimum Gasteiger partial charge on any atom is -0.478 e. The fourth-order valence-corrected chi connectivity index (χ4v) is 1.79. The number of aromatic nitrogens is 2. The molecule has 0 spiro atoms. The Morgan fingerprint density at radius 2 is 2.25 bits per heavy atom. The molecule has 2 rings (SSSR count). The number of benzene rings is 1. The zero-order valence-corrected chi connectivity index (χ0v) is 11.4. The van der Waals surface area contributed by atoms with Gasteiger partial charge in [-0.15, -0.1) is 0 Å². The quantitative estimate of drug-likeness (QED) is 0.881. The van der Waals surface area contributed by atoms with E-state index in [1.807, 2.05) is 6.92 Å². The van der Waals surface area contributed by atoms with Gasteiger partial charge in [-0.1, -0.05) is 11.6 Å². The van der Waals surface area contributed by atoms with E-state index in [0.717, 1.165) is 0 Å². The third-order valence-corrected chi connectivity index (χ3v) is 2.69. The summed E-state index contributed by atoms with van der Waals surface area (Å²) in [6.45, 7) is 2.37. The number of hydrogen-bond acceptors (Lipinski definition) is 5. The van der Waals surface area contributed by atoms with Crippen LogP contribution in [0.5, 0.6) is 5.88 Å². The van der Waals surface area contributed by atoms with Gasteiger partial charge in [-0.3, -0.25) is 0 Å². The Kier molecular flexibility index (Phi) is 4.37. The average Bonchev–Trinajstić information content (AvgIpc) is 2.39. The van der Waals surface area contributed by atoms with Crippen molar-refractivity contribution in [3.63, 3.8) is 0 Å². The topological polar surface area (TPSA) is 84.3 Å². The third-order valence-electron chi connectivity index (χ3n) is 2.38. The second-order valence-corrected chi connectivity index (χ2v) is 4.18. The molecule has 0 radical (unpaired) electrons. The summed E-state index contributed by atoms with van der Waals surface area (Å²) < 4.78 is 5.26. The monoisotopic (exact) mass is 293 g/mol. The number of nitrogens with one attached hydrogen (secondary N) is 1. The van der Waals surface area contributed by atoms with Gasteiger partial charge in [0.25, 0.3) is 0 Å². The Labute approximate surface area is 120 Å². The first-order valence-corrected chi connectivity index (χ1v) is 6.23. The van der Waals surface area contributed by atoms with Crippen molar-refractivity contribution in [2.45, 2.75) is 6.92 Å². The lowest BCUT2D eigenvalue weighted by atomic mass is 10.2. The fraction of sp³-hybridized carbons (Fsp3) is 0.154. The van der Waals surface area contributed by atoms with E-state index in [2.05, 4.69) is 15.3 Å². The van der Waals surface area contributed by atoms with Crippen LogP contribution in [0.3, 0.4) is 0 Å². The molecule has 7 heteroatoms. The van der Waals surface area contributed by atoms with Crippen LogP contribution in [-0.2, 0) is 0 Å². The molecular weight excluding hydrogens is 282 g/mol. The van der Waals surface area contributed by atoms with Gasteiger partial charge in [-0.25, -0.2) is 9.78 Å². The molecule has 20 heavy (non-hydrogen) atoms. The van der Waals surface area contributed by atoms with Gasteiger partial charge >= 0.3 is 5.97 Å². The molecule has 0 bridgehead atoms. The van der Waals surface area contributed by atoms with E-state index in [1.165, 1.54) is 12.1 Å². The van der Waals surface area contributed by atoms with E-state index >= 15 is 0 Å². The fourth-order valence-electron chi connectivity index (χ4n) is 1.53. The molecule has 0 unspecified atom stereocenters. The van der Waals surface area contributed by atoms with Crippen LogP contribution in [0.4, 0.5) is 11.6 Å². The molecule has 0 amide bonds. The summed E-state index contributed by atoms with van der Waals surface area (Å²) in [6, 6.07) is 6.16. The van der Waals surface area contributed by atoms with Crippen LogP contribution >= 0.6 is 11.6 Å². The molecular formula is C13H12ClN3O3. The second-order valence-electron chi connectivity index (χ2n) is 3.78. The van der Waals surface area contributed by atoms with Crippen molar-refractivity contribution in [2.24, 2.45) is 0 Å². The standard InChI is InChI=1S/C13H12ClN3O3/c1-2-20-11-5-6-15-13(17-11)16-8-3-4-9(12(18)19)10(14)7-8/h3-7H,2H2,1H3,(H,18,19)(H,15,16,17). The number of anilines is 2. The predicted octanol–water partition coefficient (Wildman–Crippen LogP) is 2.97. The summed E-state index contributed by atoms with van der Waals surface area (Å²) >= 11 is 5.89. The lowest BCUT2D eigenvalue weighted by Gasteiger charge is -2.08. The predicted molar refractivity (Wildman–Crippen MR) is 74.9 cm³/mol. The molecule has 104 valence electrons. The van der Waals surface area contributed by atoms with Crippen molar-refractivity contribution in [3.05, 3.63) is 41.0 Å². The van der Waals surface area contributed by atoms with Gasteiger partial charge in [-0.05, 0) is 25.1 Å². The Balaban J connectivity index is 2.19. The van der Waals surface area contributed by atoms with Crippen LogP contribution in [0.1, 0.15) is 17.3 Å². The van der Waals surface area contributed by atoms with Crippen molar-refractivity contribution in [1.82, 2.24) is 9.97 Å². The number of halogens is 1. The van der Waals surface area contributed by atoms with Crippen LogP contribution < -0.4 is 10.1 Å². The smallest absolute Gasteiger partial charge is 0.337 e. The molecule has 1 aromatic carbocycles. The summed E-state index contributed by atoms with van der Waals surface area (Å²) in [5, 5.41) is 12.0. The number of carbonyl (C=O) groups is 1. The minimum absolute atomic E-state index is 0.0428. The summed E-state index contributed by atoms with van der Waals surface area (Å²) in [7, 11) is 0. The van der Waals surface area contributed by atoms with E-state index < -0.39 is 5.97 Å². The van der Waals surface area contributed by atoms with E-state index in [-0.39, 0.29) is 10.6 Å². The number of ether oxygens (including phenoxy) is 1. The molecule has 1 heterocycles. The zero-order chi connectivity index (χ0) is 14.5. The number of carboxylic acid groups (broad SMARTS) is 1. The number of rotatable bonds is 5. The van der Waals surface area contributed by atoms with E-state index in [4.69, 9.17) is 21.4 Å². The van der Waals surface area contributed by atoms with Crippen LogP contribution in [0, 0.1) is 0 Å². The van der Waals surface area contributed by atoms with E-state index in [1.54, 1.807) is 18.3 Å². The first-order valence-electron chi connectivity index (χ1n) is 5.86. The SMILES string of the molecule is CCOc1ccnc(Nc2ccc(C(=O)O)c(Cl)c2)n1. The highest BCUT2D eigenvalue weighted by Gasteiger charge is 2.09. The van der Waals surface area contributed by atoms with Crippen LogP contribution in [0.25, 0.3) is 0 Å². The Morgan fingerprint density at radius 3 is 2.90 bits per heavy atom. The molecule has 0 atom stereocenters. The van der Waals surface area contributed by atoms with E-state index in [0.29, 0.717) is 24.1 Å². The van der Waals surface area contributed by atoms with Gasteiger partial charge in [0.1, 0.15) is 0 Å². The van der Waals surface area contributed by atoms with Crippen LogP contribution in [0.2, 0.25) is 5.02 Å². The summed E-state index contributed by atoms with van der Waals surface area (Å²) in [5.74, 6) is -0.274. The molecule has 0 aliphatic carbocycles. The number of nitrogens with zero attached hydrogens (tertiary/aromatic N) is 2. The molecule has 0 aliphatic heterocycles. The number of aromatic carboxylic acids is 1. The molecule has 0 aliphatic rings. The van der Waals surface area contributed by atoms with Gasteiger partial charge in [0.2, 0.25) is 11.8 Å². The number of hydrogen-bond donors (Lipinski definition) is 2. The summed E-state index contributed by atoms with van der Waals surface area (Å²) in [4.78, 5) is 19.0. The maximum Gasteiger partial charge on any atom is 0.337 e.